The monoisotopic (exact) mass is 429 g/mol. The average molecular weight is 429 g/mol. The molecule has 0 saturated heterocycles. The van der Waals surface area contributed by atoms with Gasteiger partial charge in [0, 0.05) is 30.3 Å². The Hall–Kier alpha value is -4.07. The molecular weight excluding hydrogens is 409 g/mol. The number of aryl methyl sites for hydroxylation is 1. The Bertz CT molecular complexity index is 1290. The zero-order valence-corrected chi connectivity index (χ0v) is 17.3. The molecule has 160 valence electrons. The predicted octanol–water partition coefficient (Wildman–Crippen LogP) is 4.16. The summed E-state index contributed by atoms with van der Waals surface area (Å²) < 4.78 is 20.9. The third kappa shape index (κ3) is 3.82. The molecule has 0 bridgehead atoms. The summed E-state index contributed by atoms with van der Waals surface area (Å²) in [6.07, 6.45) is 3.56. The number of fused-ring (bicyclic) bond motifs is 1. The van der Waals surface area contributed by atoms with Crippen molar-refractivity contribution in [1.82, 2.24) is 19.7 Å². The lowest BCUT2D eigenvalue weighted by Crippen LogP contribution is -2.25. The molecule has 1 amide bonds. The van der Waals surface area contributed by atoms with Gasteiger partial charge in [0.05, 0.1) is 5.69 Å². The average Bonchev–Trinajstić information content (AvgIpc) is 3.14. The lowest BCUT2D eigenvalue weighted by molar-refractivity contribution is -0.116. The van der Waals surface area contributed by atoms with Crippen molar-refractivity contribution >= 4 is 11.7 Å². The van der Waals surface area contributed by atoms with Crippen molar-refractivity contribution in [2.24, 2.45) is 0 Å². The molecule has 1 aliphatic heterocycles. The maximum absolute atomic E-state index is 13.4. The van der Waals surface area contributed by atoms with E-state index in [0.717, 1.165) is 22.4 Å². The Morgan fingerprint density at radius 2 is 1.94 bits per heavy atom. The summed E-state index contributed by atoms with van der Waals surface area (Å²) in [7, 11) is 0. The summed E-state index contributed by atoms with van der Waals surface area (Å²) in [5.74, 6) is 1.04. The highest BCUT2D eigenvalue weighted by Crippen LogP contribution is 2.40. The number of anilines is 1. The highest BCUT2D eigenvalue weighted by molar-refractivity contribution is 5.95. The smallest absolute Gasteiger partial charge is 0.252 e. The van der Waals surface area contributed by atoms with E-state index >= 15 is 0 Å². The van der Waals surface area contributed by atoms with E-state index < -0.39 is 0 Å². The molecule has 0 radical (unpaired) electrons. The quantitative estimate of drug-likeness (QED) is 0.515. The van der Waals surface area contributed by atoms with Gasteiger partial charge in [-0.05, 0) is 48.4 Å². The molecule has 0 aliphatic carbocycles. The number of rotatable bonds is 5. The van der Waals surface area contributed by atoms with Gasteiger partial charge < -0.3 is 10.1 Å². The van der Waals surface area contributed by atoms with Crippen molar-refractivity contribution in [2.75, 3.05) is 5.32 Å². The van der Waals surface area contributed by atoms with Crippen molar-refractivity contribution in [2.45, 2.75) is 25.9 Å². The largest absolute Gasteiger partial charge is 0.489 e. The number of halogens is 1. The molecule has 2 aromatic heterocycles. The van der Waals surface area contributed by atoms with Crippen LogP contribution in [0.4, 0.5) is 10.2 Å². The van der Waals surface area contributed by atoms with Crippen molar-refractivity contribution in [3.8, 4) is 11.7 Å². The van der Waals surface area contributed by atoms with Crippen LogP contribution in [0.15, 0.2) is 67.0 Å². The summed E-state index contributed by atoms with van der Waals surface area (Å²) in [4.78, 5) is 21.1. The number of carbonyl (C=O) groups is 1. The minimum Gasteiger partial charge on any atom is -0.489 e. The van der Waals surface area contributed by atoms with Gasteiger partial charge in [0.2, 0.25) is 5.91 Å². The third-order valence-corrected chi connectivity index (χ3v) is 5.40. The first-order valence-electron chi connectivity index (χ1n) is 10.2. The number of nitrogens with one attached hydrogen (secondary N) is 1. The zero-order valence-electron chi connectivity index (χ0n) is 17.3. The molecule has 2 aromatic carbocycles. The van der Waals surface area contributed by atoms with Gasteiger partial charge in [-0.1, -0.05) is 24.3 Å². The lowest BCUT2D eigenvalue weighted by atomic mass is 9.86. The van der Waals surface area contributed by atoms with Crippen LogP contribution in [0, 0.1) is 12.7 Å². The molecule has 0 unspecified atom stereocenters. The van der Waals surface area contributed by atoms with Gasteiger partial charge in [0.15, 0.2) is 0 Å². The highest BCUT2D eigenvalue weighted by Gasteiger charge is 2.33. The number of benzene rings is 2. The SMILES string of the molecule is Cc1nn(-c2ncccn2)c2c1[C@H](c1cccc(OCc3cccc(F)c3)c1)CC(=O)N2. The third-order valence-electron chi connectivity index (χ3n) is 5.40. The summed E-state index contributed by atoms with van der Waals surface area (Å²) in [5, 5.41) is 7.52. The highest BCUT2D eigenvalue weighted by atomic mass is 19.1. The van der Waals surface area contributed by atoms with Crippen LogP contribution < -0.4 is 10.1 Å². The normalized spacial score (nSPS) is 15.2. The first-order chi connectivity index (χ1) is 15.6. The van der Waals surface area contributed by atoms with Crippen LogP contribution in [0.1, 0.15) is 34.7 Å². The topological polar surface area (TPSA) is 81.9 Å². The minimum absolute atomic E-state index is 0.106. The van der Waals surface area contributed by atoms with Crippen LogP contribution in [0.3, 0.4) is 0 Å². The van der Waals surface area contributed by atoms with E-state index in [1.807, 2.05) is 37.3 Å². The summed E-state index contributed by atoms with van der Waals surface area (Å²) in [6, 6.07) is 15.7. The van der Waals surface area contributed by atoms with Gasteiger partial charge in [-0.15, -0.1) is 0 Å². The first-order valence-corrected chi connectivity index (χ1v) is 10.2. The van der Waals surface area contributed by atoms with Crippen molar-refractivity contribution in [1.29, 1.82) is 0 Å². The molecule has 0 fully saturated rings. The van der Waals surface area contributed by atoms with Crippen LogP contribution in [-0.2, 0) is 11.4 Å². The molecule has 1 atom stereocenters. The summed E-state index contributed by atoms with van der Waals surface area (Å²) in [5.41, 5.74) is 3.41. The van der Waals surface area contributed by atoms with Gasteiger partial charge in [-0.3, -0.25) is 4.79 Å². The molecule has 32 heavy (non-hydrogen) atoms. The first kappa shape index (κ1) is 19.9. The van der Waals surface area contributed by atoms with Crippen molar-refractivity contribution < 1.29 is 13.9 Å². The van der Waals surface area contributed by atoms with E-state index in [1.165, 1.54) is 12.1 Å². The Morgan fingerprint density at radius 1 is 1.12 bits per heavy atom. The van der Waals surface area contributed by atoms with Gasteiger partial charge in [-0.25, -0.2) is 14.4 Å². The van der Waals surface area contributed by atoms with E-state index in [1.54, 1.807) is 29.2 Å². The standard InChI is InChI=1S/C24H20FN5O2/c1-15-22-20(13-21(31)28-23(22)30(29-15)24-26-9-4-10-27-24)17-6-3-8-19(12-17)32-14-16-5-2-7-18(25)11-16/h2-12,20H,13-14H2,1H3,(H,28,31)/t20-/m0/s1. The van der Waals surface area contributed by atoms with Crippen molar-refractivity contribution in [3.63, 3.8) is 0 Å². The Balaban J connectivity index is 1.47. The molecule has 4 aromatic rings. The number of nitrogens with zero attached hydrogens (tertiary/aromatic N) is 4. The van der Waals surface area contributed by atoms with Crippen molar-refractivity contribution in [3.05, 3.63) is 95.2 Å². The van der Waals surface area contributed by atoms with Gasteiger partial charge in [0.25, 0.3) is 5.95 Å². The molecule has 5 rings (SSSR count). The van der Waals surface area contributed by atoms with E-state index in [9.17, 15) is 9.18 Å². The molecule has 3 heterocycles. The van der Waals surface area contributed by atoms with Crippen LogP contribution in [0.5, 0.6) is 5.75 Å². The Kier molecular flexibility index (Phi) is 5.10. The molecule has 7 nitrogen and oxygen atoms in total. The number of ether oxygens (including phenoxy) is 1. The number of carbonyl (C=O) groups excluding carboxylic acids is 1. The van der Waals surface area contributed by atoms with E-state index in [-0.39, 0.29) is 24.2 Å². The molecule has 1 N–H and O–H groups in total. The van der Waals surface area contributed by atoms with Gasteiger partial charge in [0.1, 0.15) is 24.0 Å². The van der Waals surface area contributed by atoms with E-state index in [2.05, 4.69) is 20.4 Å². The lowest BCUT2D eigenvalue weighted by Gasteiger charge is -2.24. The second-order valence-electron chi connectivity index (χ2n) is 7.60. The van der Waals surface area contributed by atoms with E-state index in [0.29, 0.717) is 23.9 Å². The fraction of sp³-hybridized carbons (Fsp3) is 0.167. The fourth-order valence-electron chi connectivity index (χ4n) is 3.99. The molecule has 1 aliphatic rings. The maximum Gasteiger partial charge on any atom is 0.252 e. The predicted molar refractivity (Wildman–Crippen MR) is 116 cm³/mol. The fourth-order valence-corrected chi connectivity index (χ4v) is 3.99. The van der Waals surface area contributed by atoms with Crippen LogP contribution in [0.2, 0.25) is 0 Å². The second-order valence-corrected chi connectivity index (χ2v) is 7.60. The van der Waals surface area contributed by atoms with Crippen LogP contribution in [-0.4, -0.2) is 25.7 Å². The number of hydrogen-bond donors (Lipinski definition) is 1. The summed E-state index contributed by atoms with van der Waals surface area (Å²) >= 11 is 0. The molecule has 0 spiro atoms. The number of aromatic nitrogens is 4. The number of amides is 1. The van der Waals surface area contributed by atoms with Crippen LogP contribution in [0.25, 0.3) is 5.95 Å². The minimum atomic E-state index is -0.296. The zero-order chi connectivity index (χ0) is 22.1. The van der Waals surface area contributed by atoms with Crippen LogP contribution >= 0.6 is 0 Å². The van der Waals surface area contributed by atoms with E-state index in [4.69, 9.17) is 4.74 Å². The molecule has 0 saturated carbocycles. The Labute approximate surface area is 183 Å². The Morgan fingerprint density at radius 3 is 2.75 bits per heavy atom. The number of hydrogen-bond acceptors (Lipinski definition) is 5. The van der Waals surface area contributed by atoms with Gasteiger partial charge >= 0.3 is 0 Å². The maximum atomic E-state index is 13.4. The molecular formula is C24H20FN5O2. The van der Waals surface area contributed by atoms with Gasteiger partial charge in [-0.2, -0.15) is 9.78 Å². The summed E-state index contributed by atoms with van der Waals surface area (Å²) in [6.45, 7) is 2.16. The second kappa shape index (κ2) is 8.22. The molecule has 8 heteroatoms.